The Balaban J connectivity index is 0.000000181. The highest BCUT2D eigenvalue weighted by molar-refractivity contribution is 6.62. The molecule has 0 aliphatic carbocycles. The van der Waals surface area contributed by atoms with Crippen LogP contribution in [0.3, 0.4) is 0 Å². The lowest BCUT2D eigenvalue weighted by Gasteiger charge is -2.18. The van der Waals surface area contributed by atoms with E-state index in [2.05, 4.69) is 91.0 Å². The molecule has 0 aliphatic rings. The maximum atomic E-state index is 13.5. The highest BCUT2D eigenvalue weighted by Crippen LogP contribution is 2.32. The van der Waals surface area contributed by atoms with Crippen LogP contribution in [0.25, 0.3) is 10.8 Å². The summed E-state index contributed by atoms with van der Waals surface area (Å²) in [7, 11) is -2.91. The third-order valence-corrected chi connectivity index (χ3v) is 6.03. The molecule has 39 heavy (non-hydrogen) atoms. The minimum Gasteiger partial charge on any atom is -0.423 e. The van der Waals surface area contributed by atoms with Gasteiger partial charge in [-0.1, -0.05) is 91.0 Å². The van der Waals surface area contributed by atoms with Crippen LogP contribution in [0.4, 0.5) is 30.7 Å². The quantitative estimate of drug-likeness (QED) is 0.0913. The Labute approximate surface area is 218 Å². The second kappa shape index (κ2) is 11.7. The molecule has 0 spiro atoms. The van der Waals surface area contributed by atoms with E-state index in [0.717, 1.165) is 0 Å². The molecule has 0 amide bonds. The summed E-state index contributed by atoms with van der Waals surface area (Å²) in [4.78, 5) is 0. The number of rotatable bonds is 4. The van der Waals surface area contributed by atoms with Crippen molar-refractivity contribution in [3.8, 4) is 0 Å². The van der Waals surface area contributed by atoms with Crippen molar-refractivity contribution in [1.29, 1.82) is 0 Å². The first kappa shape index (κ1) is 27.9. The van der Waals surface area contributed by atoms with Crippen LogP contribution in [0, 0.1) is 40.7 Å². The van der Waals surface area contributed by atoms with Gasteiger partial charge in [-0.05, 0) is 16.7 Å². The lowest BCUT2D eigenvalue weighted by Crippen LogP contribution is -2.36. The molecular formula is C29H18BF7O2. The minimum atomic E-state index is -2.91. The molecule has 0 aliphatic heterocycles. The number of benzene rings is 5. The summed E-state index contributed by atoms with van der Waals surface area (Å²) in [5.74, 6) is -16.1. The van der Waals surface area contributed by atoms with Crippen molar-refractivity contribution >= 4 is 23.4 Å². The fourth-order valence-electron chi connectivity index (χ4n) is 4.28. The maximum absolute atomic E-state index is 13.5. The zero-order valence-corrected chi connectivity index (χ0v) is 19.9. The van der Waals surface area contributed by atoms with E-state index in [0.29, 0.717) is 5.92 Å². The third-order valence-electron chi connectivity index (χ3n) is 6.03. The molecule has 0 atom stereocenters. The average molecular weight is 542 g/mol. The van der Waals surface area contributed by atoms with E-state index in [1.165, 1.54) is 16.7 Å². The van der Waals surface area contributed by atoms with Gasteiger partial charge in [-0.15, -0.1) is 0 Å². The van der Waals surface area contributed by atoms with Gasteiger partial charge in [-0.2, -0.15) is 0 Å². The van der Waals surface area contributed by atoms with E-state index in [1.807, 2.05) is 0 Å². The zero-order chi connectivity index (χ0) is 28.3. The summed E-state index contributed by atoms with van der Waals surface area (Å²) < 4.78 is 92.8. The fourth-order valence-corrected chi connectivity index (χ4v) is 4.28. The predicted molar refractivity (Wildman–Crippen MR) is 134 cm³/mol. The minimum absolute atomic E-state index is 0.309. The van der Waals surface area contributed by atoms with Gasteiger partial charge < -0.3 is 10.0 Å². The van der Waals surface area contributed by atoms with Crippen LogP contribution in [-0.2, 0) is 0 Å². The molecule has 198 valence electrons. The van der Waals surface area contributed by atoms with E-state index < -0.39 is 64.1 Å². The van der Waals surface area contributed by atoms with E-state index in [1.54, 1.807) is 0 Å². The Kier molecular flexibility index (Phi) is 8.37. The molecule has 5 aromatic rings. The van der Waals surface area contributed by atoms with Crippen LogP contribution in [0.15, 0.2) is 91.0 Å². The van der Waals surface area contributed by atoms with E-state index in [9.17, 15) is 30.7 Å². The van der Waals surface area contributed by atoms with Gasteiger partial charge in [0.25, 0.3) is 0 Å². The van der Waals surface area contributed by atoms with Crippen molar-refractivity contribution in [1.82, 2.24) is 0 Å². The summed E-state index contributed by atoms with van der Waals surface area (Å²) in [6.07, 6.45) is 0. The Morgan fingerprint density at radius 3 is 1.05 bits per heavy atom. The number of halogens is 7. The summed E-state index contributed by atoms with van der Waals surface area (Å²) in [6, 6.07) is 32.0. The molecule has 2 nitrogen and oxygen atoms in total. The second-order valence-electron chi connectivity index (χ2n) is 8.40. The first-order valence-electron chi connectivity index (χ1n) is 11.5. The number of hydrogen-bond acceptors (Lipinski definition) is 2. The molecule has 0 fully saturated rings. The molecule has 0 saturated carbocycles. The summed E-state index contributed by atoms with van der Waals surface area (Å²) in [6.45, 7) is 0. The van der Waals surface area contributed by atoms with Crippen molar-refractivity contribution in [2.24, 2.45) is 0 Å². The summed E-state index contributed by atoms with van der Waals surface area (Å²) in [5.41, 5.74) is 2.36. The zero-order valence-electron chi connectivity index (χ0n) is 19.9. The van der Waals surface area contributed by atoms with Crippen LogP contribution in [0.5, 0.6) is 0 Å². The highest BCUT2D eigenvalue weighted by Gasteiger charge is 2.34. The van der Waals surface area contributed by atoms with Crippen LogP contribution in [-0.4, -0.2) is 17.2 Å². The summed E-state index contributed by atoms with van der Waals surface area (Å²) >= 11 is 0. The SMILES string of the molecule is OB(O)c1c(F)c(F)c(F)c2c(F)c(F)c(F)c(F)c12.c1ccc(C(c2ccccc2)c2ccccc2)cc1. The molecule has 5 aromatic carbocycles. The van der Waals surface area contributed by atoms with Crippen LogP contribution >= 0.6 is 0 Å². The molecular weight excluding hydrogens is 524 g/mol. The van der Waals surface area contributed by atoms with E-state index >= 15 is 0 Å². The first-order chi connectivity index (χ1) is 18.6. The Hall–Kier alpha value is -4.15. The molecule has 2 N–H and O–H groups in total. The Morgan fingerprint density at radius 2 is 0.718 bits per heavy atom. The van der Waals surface area contributed by atoms with Crippen molar-refractivity contribution < 1.29 is 40.8 Å². The van der Waals surface area contributed by atoms with Gasteiger partial charge in [0.1, 0.15) is 0 Å². The Bertz CT molecular complexity index is 1500. The third kappa shape index (κ3) is 5.39. The summed E-state index contributed by atoms with van der Waals surface area (Å²) in [5, 5.41) is 14.2. The van der Waals surface area contributed by atoms with E-state index in [4.69, 9.17) is 10.0 Å². The van der Waals surface area contributed by atoms with Crippen LogP contribution in [0.1, 0.15) is 22.6 Å². The molecule has 0 bridgehead atoms. The normalized spacial score (nSPS) is 10.9. The van der Waals surface area contributed by atoms with E-state index in [-0.39, 0.29) is 0 Å². The largest absolute Gasteiger partial charge is 0.492 e. The van der Waals surface area contributed by atoms with Gasteiger partial charge >= 0.3 is 7.12 Å². The molecule has 0 unspecified atom stereocenters. The van der Waals surface area contributed by atoms with Crippen molar-refractivity contribution in [2.45, 2.75) is 5.92 Å². The van der Waals surface area contributed by atoms with Gasteiger partial charge in [0.2, 0.25) is 0 Å². The maximum Gasteiger partial charge on any atom is 0.492 e. The monoisotopic (exact) mass is 542 g/mol. The highest BCUT2D eigenvalue weighted by atomic mass is 19.2. The Morgan fingerprint density at radius 1 is 0.410 bits per heavy atom. The van der Waals surface area contributed by atoms with Gasteiger partial charge in [-0.25, -0.2) is 30.7 Å². The molecule has 0 aromatic heterocycles. The lowest BCUT2D eigenvalue weighted by molar-refractivity contribution is 0.405. The standard InChI is InChI=1S/C19H16.C10H2BF7O2/c1-4-10-16(11-5-1)19(17-12-6-2-7-13-17)18-14-8-3-9-15-18;12-4-1-2(6(14)10(18)9(4)17)5(13)8(16)7(15)3(1)11(19)20/h1-15,19H;19-20H. The number of fused-ring (bicyclic) bond motifs is 1. The molecule has 5 rings (SSSR count). The molecule has 0 radical (unpaired) electrons. The van der Waals surface area contributed by atoms with Crippen LogP contribution < -0.4 is 5.46 Å². The average Bonchev–Trinajstić information content (AvgIpc) is 2.95. The number of hydrogen-bond donors (Lipinski definition) is 2. The van der Waals surface area contributed by atoms with Gasteiger partial charge in [0, 0.05) is 16.8 Å². The first-order valence-corrected chi connectivity index (χ1v) is 11.5. The van der Waals surface area contributed by atoms with Crippen LogP contribution in [0.2, 0.25) is 0 Å². The van der Waals surface area contributed by atoms with Gasteiger partial charge in [-0.3, -0.25) is 0 Å². The molecule has 0 saturated heterocycles. The van der Waals surface area contributed by atoms with Crippen molar-refractivity contribution in [2.75, 3.05) is 0 Å². The van der Waals surface area contributed by atoms with Crippen molar-refractivity contribution in [3.63, 3.8) is 0 Å². The fraction of sp³-hybridized carbons (Fsp3) is 0.0345. The predicted octanol–water partition coefficient (Wildman–Crippen LogP) is 6.36. The van der Waals surface area contributed by atoms with Crippen molar-refractivity contribution in [3.05, 3.63) is 148 Å². The smallest absolute Gasteiger partial charge is 0.423 e. The lowest BCUT2D eigenvalue weighted by atomic mass is 9.76. The molecule has 0 heterocycles. The molecule has 10 heteroatoms. The van der Waals surface area contributed by atoms with Gasteiger partial charge in [0.05, 0.1) is 5.39 Å². The van der Waals surface area contributed by atoms with Gasteiger partial charge in [0.15, 0.2) is 40.7 Å². The topological polar surface area (TPSA) is 40.5 Å². The second-order valence-corrected chi connectivity index (χ2v) is 8.40.